The lowest BCUT2D eigenvalue weighted by molar-refractivity contribution is -0.162. The zero-order valence-electron chi connectivity index (χ0n) is 15.6. The van der Waals surface area contributed by atoms with Crippen molar-refractivity contribution in [1.29, 1.82) is 0 Å². The molecule has 4 nitrogen and oxygen atoms in total. The summed E-state index contributed by atoms with van der Waals surface area (Å²) in [5.74, 6) is 2.35. The summed E-state index contributed by atoms with van der Waals surface area (Å²) < 4.78 is 5.39. The van der Waals surface area contributed by atoms with Gasteiger partial charge in [0.25, 0.3) is 0 Å². The van der Waals surface area contributed by atoms with Crippen LogP contribution in [0.25, 0.3) is 0 Å². The van der Waals surface area contributed by atoms with Crippen LogP contribution in [0, 0.1) is 34.5 Å². The normalized spacial score (nSPS) is 49.1. The number of carbonyl (C=O) groups excluding carboxylic acids is 2. The van der Waals surface area contributed by atoms with Crippen molar-refractivity contribution in [2.45, 2.75) is 77.7 Å². The molecule has 4 rings (SSSR count). The molecule has 0 saturated heterocycles. The third-order valence-electron chi connectivity index (χ3n) is 8.62. The van der Waals surface area contributed by atoms with Gasteiger partial charge in [0.2, 0.25) is 0 Å². The van der Waals surface area contributed by atoms with E-state index in [9.17, 15) is 14.7 Å². The molecule has 1 N–H and O–H groups in total. The molecule has 4 saturated carbocycles. The van der Waals surface area contributed by atoms with E-state index in [0.717, 1.165) is 38.5 Å². The molecule has 4 aliphatic carbocycles. The van der Waals surface area contributed by atoms with Crippen LogP contribution < -0.4 is 0 Å². The highest BCUT2D eigenvalue weighted by Crippen LogP contribution is 2.65. The first-order chi connectivity index (χ1) is 11.9. The molecule has 4 aliphatic rings. The van der Waals surface area contributed by atoms with Gasteiger partial charge in [0.1, 0.15) is 12.4 Å². The van der Waals surface area contributed by atoms with E-state index in [0.29, 0.717) is 47.9 Å². The number of fused-ring (bicyclic) bond motifs is 5. The van der Waals surface area contributed by atoms with Gasteiger partial charge in [0.15, 0.2) is 0 Å². The zero-order valence-corrected chi connectivity index (χ0v) is 15.6. The number of carbonyl (C=O) groups is 2. The molecule has 0 aromatic heterocycles. The van der Waals surface area contributed by atoms with Gasteiger partial charge in [-0.25, -0.2) is 0 Å². The Morgan fingerprint density at radius 2 is 1.96 bits per heavy atom. The minimum absolute atomic E-state index is 0.116. The third kappa shape index (κ3) is 2.58. The number of Topliss-reactive ketones (excluding diaryl/α,β-unsaturated/α-hetero) is 1. The Morgan fingerprint density at radius 1 is 1.16 bits per heavy atom. The SMILES string of the molecule is CC(=O)OC[C@]12CC[C@@H]3[C@@H](CC[C@H]4C[C@@H](O)CC[C@@]43C)[C@@H]1CCC2=O. The van der Waals surface area contributed by atoms with Crippen LogP contribution in [-0.4, -0.2) is 29.6 Å². The molecule has 0 heterocycles. The fourth-order valence-corrected chi connectivity index (χ4v) is 7.31. The van der Waals surface area contributed by atoms with E-state index >= 15 is 0 Å². The van der Waals surface area contributed by atoms with Crippen molar-refractivity contribution >= 4 is 11.8 Å². The molecule has 4 heteroatoms. The number of hydrogen-bond acceptors (Lipinski definition) is 4. The van der Waals surface area contributed by atoms with Crippen molar-refractivity contribution in [3.05, 3.63) is 0 Å². The second-order valence-electron chi connectivity index (χ2n) is 9.52. The topological polar surface area (TPSA) is 63.6 Å². The third-order valence-corrected chi connectivity index (χ3v) is 8.62. The lowest BCUT2D eigenvalue weighted by Gasteiger charge is -2.60. The van der Waals surface area contributed by atoms with Crippen molar-refractivity contribution in [2.75, 3.05) is 6.61 Å². The number of rotatable bonds is 2. The van der Waals surface area contributed by atoms with Crippen LogP contribution in [0.2, 0.25) is 0 Å². The van der Waals surface area contributed by atoms with Crippen molar-refractivity contribution < 1.29 is 19.4 Å². The van der Waals surface area contributed by atoms with Gasteiger partial charge < -0.3 is 9.84 Å². The van der Waals surface area contributed by atoms with E-state index in [-0.39, 0.29) is 12.1 Å². The number of ether oxygens (including phenoxy) is 1. The number of aliphatic hydroxyl groups is 1. The minimum atomic E-state index is -0.399. The zero-order chi connectivity index (χ0) is 17.8. The molecule has 0 unspecified atom stereocenters. The van der Waals surface area contributed by atoms with E-state index in [4.69, 9.17) is 4.74 Å². The first-order valence-corrected chi connectivity index (χ1v) is 10.2. The average Bonchev–Trinajstić information content (AvgIpc) is 2.91. The summed E-state index contributed by atoms with van der Waals surface area (Å²) in [6, 6.07) is 0. The standard InChI is InChI=1S/C21H32O4/c1-13(22)25-12-21-10-8-17-16(18(21)5-6-19(21)24)4-3-14-11-15(23)7-9-20(14,17)2/h14-18,23H,3-12H2,1-2H3/t14-,15-,16+,17+,18-,20-,21+/m0/s1. The molecular weight excluding hydrogens is 316 g/mol. The summed E-state index contributed by atoms with van der Waals surface area (Å²) in [6.07, 6.45) is 8.86. The molecule has 0 aromatic carbocycles. The maximum absolute atomic E-state index is 12.8. The number of esters is 1. The first kappa shape index (κ1) is 17.5. The summed E-state index contributed by atoms with van der Waals surface area (Å²) in [5.41, 5.74) is -0.0778. The van der Waals surface area contributed by atoms with E-state index in [1.807, 2.05) is 0 Å². The molecule has 25 heavy (non-hydrogen) atoms. The molecule has 0 spiro atoms. The second-order valence-corrected chi connectivity index (χ2v) is 9.52. The van der Waals surface area contributed by atoms with Gasteiger partial charge in [-0.3, -0.25) is 9.59 Å². The summed E-state index contributed by atoms with van der Waals surface area (Å²) >= 11 is 0. The maximum Gasteiger partial charge on any atom is 0.302 e. The van der Waals surface area contributed by atoms with E-state index in [1.54, 1.807) is 0 Å². The van der Waals surface area contributed by atoms with E-state index < -0.39 is 5.41 Å². The summed E-state index contributed by atoms with van der Waals surface area (Å²) in [5, 5.41) is 10.1. The Bertz CT molecular complexity index is 572. The van der Waals surface area contributed by atoms with Gasteiger partial charge in [-0.05, 0) is 80.5 Å². The number of ketones is 1. The van der Waals surface area contributed by atoms with Crippen LogP contribution in [0.5, 0.6) is 0 Å². The Labute approximate surface area is 150 Å². The monoisotopic (exact) mass is 348 g/mol. The molecule has 0 radical (unpaired) electrons. The quantitative estimate of drug-likeness (QED) is 0.776. The van der Waals surface area contributed by atoms with Crippen LogP contribution in [-0.2, 0) is 14.3 Å². The Hall–Kier alpha value is -0.900. The highest BCUT2D eigenvalue weighted by Gasteiger charge is 2.62. The molecule has 0 aliphatic heterocycles. The predicted molar refractivity (Wildman–Crippen MR) is 93.7 cm³/mol. The maximum atomic E-state index is 12.8. The van der Waals surface area contributed by atoms with Crippen molar-refractivity contribution in [2.24, 2.45) is 34.5 Å². The van der Waals surface area contributed by atoms with Gasteiger partial charge in [0, 0.05) is 13.3 Å². The molecule has 0 aromatic rings. The Morgan fingerprint density at radius 3 is 2.72 bits per heavy atom. The summed E-state index contributed by atoms with van der Waals surface area (Å²) in [7, 11) is 0. The van der Waals surface area contributed by atoms with Crippen LogP contribution >= 0.6 is 0 Å². The van der Waals surface area contributed by atoms with Gasteiger partial charge in [-0.2, -0.15) is 0 Å². The minimum Gasteiger partial charge on any atom is -0.465 e. The Balaban J connectivity index is 1.60. The van der Waals surface area contributed by atoms with Crippen molar-refractivity contribution in [3.63, 3.8) is 0 Å². The molecule has 140 valence electrons. The predicted octanol–water partition coefficient (Wildman–Crippen LogP) is 3.50. The molecule has 0 amide bonds. The van der Waals surface area contributed by atoms with Gasteiger partial charge in [-0.1, -0.05) is 6.92 Å². The largest absolute Gasteiger partial charge is 0.465 e. The Kier molecular flexibility index (Phi) is 4.25. The summed E-state index contributed by atoms with van der Waals surface area (Å²) in [6.45, 7) is 4.19. The number of hydrogen-bond donors (Lipinski definition) is 1. The fourth-order valence-electron chi connectivity index (χ4n) is 7.31. The van der Waals surface area contributed by atoms with Gasteiger partial charge in [-0.15, -0.1) is 0 Å². The lowest BCUT2D eigenvalue weighted by atomic mass is 9.45. The van der Waals surface area contributed by atoms with Crippen LogP contribution in [0.15, 0.2) is 0 Å². The van der Waals surface area contributed by atoms with E-state index in [2.05, 4.69) is 6.92 Å². The molecule has 7 atom stereocenters. The molecular formula is C21H32O4. The second kappa shape index (κ2) is 6.07. The van der Waals surface area contributed by atoms with E-state index in [1.165, 1.54) is 19.8 Å². The van der Waals surface area contributed by atoms with Crippen LogP contribution in [0.1, 0.15) is 71.6 Å². The summed E-state index contributed by atoms with van der Waals surface area (Å²) in [4.78, 5) is 24.2. The highest BCUT2D eigenvalue weighted by atomic mass is 16.5. The fraction of sp³-hybridized carbons (Fsp3) is 0.905. The smallest absolute Gasteiger partial charge is 0.302 e. The van der Waals surface area contributed by atoms with Gasteiger partial charge >= 0.3 is 5.97 Å². The van der Waals surface area contributed by atoms with Crippen LogP contribution in [0.3, 0.4) is 0 Å². The van der Waals surface area contributed by atoms with Gasteiger partial charge in [0.05, 0.1) is 11.5 Å². The van der Waals surface area contributed by atoms with Crippen LogP contribution in [0.4, 0.5) is 0 Å². The number of aliphatic hydroxyl groups excluding tert-OH is 1. The lowest BCUT2D eigenvalue weighted by Crippen LogP contribution is -2.55. The first-order valence-electron chi connectivity index (χ1n) is 10.2. The highest BCUT2D eigenvalue weighted by molar-refractivity contribution is 5.88. The van der Waals surface area contributed by atoms with Crippen molar-refractivity contribution in [3.8, 4) is 0 Å². The van der Waals surface area contributed by atoms with Crippen molar-refractivity contribution in [1.82, 2.24) is 0 Å². The molecule has 4 fully saturated rings. The average molecular weight is 348 g/mol. The molecule has 0 bridgehead atoms.